The van der Waals surface area contributed by atoms with Crippen molar-refractivity contribution in [1.29, 1.82) is 0 Å². The second kappa shape index (κ2) is 5.09. The third-order valence-corrected chi connectivity index (χ3v) is 2.94. The number of rotatable bonds is 3. The predicted molar refractivity (Wildman–Crippen MR) is 74.9 cm³/mol. The van der Waals surface area contributed by atoms with Gasteiger partial charge in [0.1, 0.15) is 23.7 Å². The summed E-state index contributed by atoms with van der Waals surface area (Å²) >= 11 is 0. The maximum absolute atomic E-state index is 11.1. The molecular formula is C16H12O4. The van der Waals surface area contributed by atoms with E-state index in [1.165, 1.54) is 0 Å². The molecule has 3 rings (SSSR count). The van der Waals surface area contributed by atoms with E-state index in [9.17, 15) is 9.90 Å². The van der Waals surface area contributed by atoms with Crippen LogP contribution in [0, 0.1) is 0 Å². The Balaban J connectivity index is 1.88. The first-order valence-electron chi connectivity index (χ1n) is 6.16. The lowest BCUT2D eigenvalue weighted by atomic mass is 10.2. The molecule has 3 aromatic rings. The molecule has 2 aromatic carbocycles. The zero-order valence-electron chi connectivity index (χ0n) is 10.6. The van der Waals surface area contributed by atoms with Crippen molar-refractivity contribution < 1.29 is 14.3 Å². The van der Waals surface area contributed by atoms with Gasteiger partial charge in [-0.1, -0.05) is 30.3 Å². The average molecular weight is 268 g/mol. The normalized spacial score (nSPS) is 10.6. The number of hydrogen-bond acceptors (Lipinski definition) is 4. The monoisotopic (exact) mass is 268 g/mol. The molecule has 1 N–H and O–H groups in total. The van der Waals surface area contributed by atoms with Crippen LogP contribution < -0.4 is 10.4 Å². The molecule has 0 spiro atoms. The van der Waals surface area contributed by atoms with Crippen molar-refractivity contribution in [2.45, 2.75) is 6.61 Å². The quantitative estimate of drug-likeness (QED) is 0.741. The van der Waals surface area contributed by atoms with Crippen LogP contribution in [0.5, 0.6) is 11.5 Å². The van der Waals surface area contributed by atoms with Crippen LogP contribution >= 0.6 is 0 Å². The molecule has 20 heavy (non-hydrogen) atoms. The third-order valence-electron chi connectivity index (χ3n) is 2.94. The molecule has 0 bridgehead atoms. The van der Waals surface area contributed by atoms with E-state index in [4.69, 9.17) is 9.15 Å². The number of aromatic hydroxyl groups is 1. The van der Waals surface area contributed by atoms with Crippen LogP contribution in [-0.2, 0) is 6.61 Å². The molecule has 0 unspecified atom stereocenters. The van der Waals surface area contributed by atoms with Gasteiger partial charge in [0.05, 0.1) is 11.5 Å². The van der Waals surface area contributed by atoms with Gasteiger partial charge in [-0.15, -0.1) is 0 Å². The van der Waals surface area contributed by atoms with Gasteiger partial charge in [-0.3, -0.25) is 0 Å². The molecule has 0 amide bonds. The van der Waals surface area contributed by atoms with Crippen LogP contribution in [0.3, 0.4) is 0 Å². The molecule has 100 valence electrons. The van der Waals surface area contributed by atoms with Crippen molar-refractivity contribution in [3.8, 4) is 11.5 Å². The van der Waals surface area contributed by atoms with Crippen molar-refractivity contribution in [3.63, 3.8) is 0 Å². The van der Waals surface area contributed by atoms with Gasteiger partial charge in [-0.05, 0) is 23.8 Å². The Hall–Kier alpha value is -2.75. The Morgan fingerprint density at radius 3 is 2.65 bits per heavy atom. The van der Waals surface area contributed by atoms with Gasteiger partial charge in [0.15, 0.2) is 0 Å². The lowest BCUT2D eigenvalue weighted by Crippen LogP contribution is -1.97. The van der Waals surface area contributed by atoms with Crippen LogP contribution in [0.25, 0.3) is 11.0 Å². The molecule has 0 radical (unpaired) electrons. The summed E-state index contributed by atoms with van der Waals surface area (Å²) in [7, 11) is 0. The molecule has 0 saturated carbocycles. The number of ether oxygens (including phenoxy) is 1. The van der Waals surface area contributed by atoms with E-state index in [1.54, 1.807) is 18.2 Å². The highest BCUT2D eigenvalue weighted by Gasteiger charge is 2.06. The van der Waals surface area contributed by atoms with E-state index in [1.807, 2.05) is 30.3 Å². The Labute approximate surface area is 114 Å². The molecule has 4 heteroatoms. The number of hydrogen-bond donors (Lipinski definition) is 1. The Morgan fingerprint density at radius 2 is 1.85 bits per heavy atom. The lowest BCUT2D eigenvalue weighted by molar-refractivity contribution is 0.306. The van der Waals surface area contributed by atoms with Crippen molar-refractivity contribution in [2.24, 2.45) is 0 Å². The molecule has 4 nitrogen and oxygen atoms in total. The summed E-state index contributed by atoms with van der Waals surface area (Å²) in [6, 6.07) is 15.8. The van der Waals surface area contributed by atoms with Crippen molar-refractivity contribution in [2.75, 3.05) is 0 Å². The molecular weight excluding hydrogens is 256 g/mol. The van der Waals surface area contributed by atoms with E-state index >= 15 is 0 Å². The first-order valence-corrected chi connectivity index (χ1v) is 6.16. The Bertz CT molecular complexity index is 790. The SMILES string of the molecule is O=c1cc(O)c2cc(OCc3ccccc3)ccc2o1. The predicted octanol–water partition coefficient (Wildman–Crippen LogP) is 3.08. The van der Waals surface area contributed by atoms with Crippen molar-refractivity contribution in [3.05, 3.63) is 70.6 Å². The molecule has 1 heterocycles. The zero-order valence-corrected chi connectivity index (χ0v) is 10.6. The molecule has 0 aliphatic carbocycles. The maximum Gasteiger partial charge on any atom is 0.339 e. The van der Waals surface area contributed by atoms with E-state index in [2.05, 4.69) is 0 Å². The van der Waals surface area contributed by atoms with Gasteiger partial charge in [0.2, 0.25) is 0 Å². The standard InChI is InChI=1S/C16H12O4/c17-14-9-16(18)20-15-7-6-12(8-13(14)15)19-10-11-4-2-1-3-5-11/h1-9,17H,10H2. The number of fused-ring (bicyclic) bond motifs is 1. The molecule has 0 aliphatic heterocycles. The molecule has 0 fully saturated rings. The summed E-state index contributed by atoms with van der Waals surface area (Å²) in [6.45, 7) is 0.434. The summed E-state index contributed by atoms with van der Waals surface area (Å²) in [5.41, 5.74) is 0.812. The molecule has 1 aromatic heterocycles. The minimum absolute atomic E-state index is 0.110. The van der Waals surface area contributed by atoms with Gasteiger partial charge >= 0.3 is 5.63 Å². The fourth-order valence-electron chi connectivity index (χ4n) is 1.96. The highest BCUT2D eigenvalue weighted by atomic mass is 16.5. The van der Waals surface area contributed by atoms with Gasteiger partial charge < -0.3 is 14.3 Å². The highest BCUT2D eigenvalue weighted by Crippen LogP contribution is 2.27. The Morgan fingerprint density at radius 1 is 1.05 bits per heavy atom. The van der Waals surface area contributed by atoms with Crippen LogP contribution in [-0.4, -0.2) is 5.11 Å². The topological polar surface area (TPSA) is 59.7 Å². The van der Waals surface area contributed by atoms with E-state index in [0.717, 1.165) is 11.6 Å². The van der Waals surface area contributed by atoms with Crippen LogP contribution in [0.2, 0.25) is 0 Å². The van der Waals surface area contributed by atoms with E-state index in [0.29, 0.717) is 23.3 Å². The summed E-state index contributed by atoms with van der Waals surface area (Å²) in [6.07, 6.45) is 0. The summed E-state index contributed by atoms with van der Waals surface area (Å²) in [5.74, 6) is 0.493. The first-order chi connectivity index (χ1) is 9.72. The van der Waals surface area contributed by atoms with Gasteiger partial charge in [0.25, 0.3) is 0 Å². The minimum atomic E-state index is -0.576. The lowest BCUT2D eigenvalue weighted by Gasteiger charge is -2.07. The van der Waals surface area contributed by atoms with Gasteiger partial charge in [0, 0.05) is 0 Å². The zero-order chi connectivity index (χ0) is 13.9. The highest BCUT2D eigenvalue weighted by molar-refractivity contribution is 5.84. The molecule has 0 aliphatic rings. The van der Waals surface area contributed by atoms with E-state index < -0.39 is 5.63 Å². The number of benzene rings is 2. The first kappa shape index (κ1) is 12.3. The molecule has 0 saturated heterocycles. The van der Waals surface area contributed by atoms with Gasteiger partial charge in [-0.25, -0.2) is 4.79 Å². The fraction of sp³-hybridized carbons (Fsp3) is 0.0625. The van der Waals surface area contributed by atoms with Crippen molar-refractivity contribution in [1.82, 2.24) is 0 Å². The van der Waals surface area contributed by atoms with Gasteiger partial charge in [-0.2, -0.15) is 0 Å². The van der Waals surface area contributed by atoms with Crippen LogP contribution in [0.1, 0.15) is 5.56 Å². The van der Waals surface area contributed by atoms with Crippen LogP contribution in [0.4, 0.5) is 0 Å². The maximum atomic E-state index is 11.1. The summed E-state index contributed by atoms with van der Waals surface area (Å²) in [4.78, 5) is 11.1. The second-order valence-corrected chi connectivity index (χ2v) is 4.38. The van der Waals surface area contributed by atoms with Crippen molar-refractivity contribution >= 4 is 11.0 Å². The Kier molecular flexibility index (Phi) is 3.13. The summed E-state index contributed by atoms with van der Waals surface area (Å²) < 4.78 is 10.6. The van der Waals surface area contributed by atoms with E-state index in [-0.39, 0.29) is 5.75 Å². The minimum Gasteiger partial charge on any atom is -0.507 e. The largest absolute Gasteiger partial charge is 0.507 e. The average Bonchev–Trinajstić information content (AvgIpc) is 2.46. The molecule has 0 atom stereocenters. The second-order valence-electron chi connectivity index (χ2n) is 4.38. The fourth-order valence-corrected chi connectivity index (χ4v) is 1.96. The summed E-state index contributed by atoms with van der Waals surface area (Å²) in [5, 5.41) is 10.2. The smallest absolute Gasteiger partial charge is 0.339 e. The third kappa shape index (κ3) is 2.49. The van der Waals surface area contributed by atoms with Crippen LogP contribution in [0.15, 0.2) is 63.8 Å².